The van der Waals surface area contributed by atoms with Crippen LogP contribution in [-0.4, -0.2) is 32.4 Å². The van der Waals surface area contributed by atoms with Crippen molar-refractivity contribution in [2.24, 2.45) is 0 Å². The van der Waals surface area contributed by atoms with E-state index >= 15 is 0 Å². The highest BCUT2D eigenvalue weighted by molar-refractivity contribution is 7.91. The highest BCUT2D eigenvalue weighted by Gasteiger charge is 2.36. The van der Waals surface area contributed by atoms with Gasteiger partial charge in [0.1, 0.15) is 12.0 Å². The van der Waals surface area contributed by atoms with E-state index in [1.807, 2.05) is 0 Å². The minimum absolute atomic E-state index is 0.0105. The van der Waals surface area contributed by atoms with Gasteiger partial charge in [0, 0.05) is 0 Å². The number of nitrogens with one attached hydrogen (secondary N) is 1. The van der Waals surface area contributed by atoms with Crippen LogP contribution < -0.4 is 9.03 Å². The summed E-state index contributed by atoms with van der Waals surface area (Å²) in [5.41, 5.74) is 0.166. The van der Waals surface area contributed by atoms with Gasteiger partial charge in [0.2, 0.25) is 0 Å². The first-order valence-corrected chi connectivity index (χ1v) is 6.02. The molecule has 0 spiro atoms. The third kappa shape index (κ3) is 1.74. The quantitative estimate of drug-likeness (QED) is 0.692. The van der Waals surface area contributed by atoms with Crippen LogP contribution >= 0.6 is 0 Å². The maximum absolute atomic E-state index is 11.6. The van der Waals surface area contributed by atoms with Gasteiger partial charge in [-0.05, 0) is 12.1 Å². The van der Waals surface area contributed by atoms with Gasteiger partial charge in [-0.2, -0.15) is 13.1 Å². The standard InChI is InChI=1S/C9H10N2O4S/c12-6-7-5-11(16(14,15)10-7)8-3-1-2-4-9(8)13/h1-4,6-7,10,13H,5H2. The number of anilines is 1. The van der Waals surface area contributed by atoms with Crippen molar-refractivity contribution < 1.29 is 18.3 Å². The molecule has 0 amide bonds. The number of carbonyl (C=O) groups is 1. The van der Waals surface area contributed by atoms with Gasteiger partial charge in [0.05, 0.1) is 18.3 Å². The van der Waals surface area contributed by atoms with Crippen LogP contribution in [-0.2, 0) is 15.0 Å². The maximum Gasteiger partial charge on any atom is 0.302 e. The Labute approximate surface area is 92.7 Å². The molecule has 0 saturated carbocycles. The van der Waals surface area contributed by atoms with Crippen LogP contribution in [0.15, 0.2) is 24.3 Å². The van der Waals surface area contributed by atoms with E-state index in [4.69, 9.17) is 0 Å². The molecule has 86 valence electrons. The third-order valence-electron chi connectivity index (χ3n) is 2.27. The van der Waals surface area contributed by atoms with Gasteiger partial charge < -0.3 is 9.90 Å². The Morgan fingerprint density at radius 3 is 2.69 bits per heavy atom. The topological polar surface area (TPSA) is 86.7 Å². The number of aldehydes is 1. The number of nitrogens with zero attached hydrogens (tertiary/aromatic N) is 1. The lowest BCUT2D eigenvalue weighted by Gasteiger charge is -2.16. The van der Waals surface area contributed by atoms with Gasteiger partial charge in [0.15, 0.2) is 0 Å². The number of benzene rings is 1. The van der Waals surface area contributed by atoms with E-state index < -0.39 is 16.3 Å². The summed E-state index contributed by atoms with van der Waals surface area (Å²) in [6.45, 7) is -0.0105. The van der Waals surface area contributed by atoms with Crippen LogP contribution in [0.4, 0.5) is 5.69 Å². The number of phenolic OH excluding ortho intramolecular Hbond substituents is 1. The summed E-state index contributed by atoms with van der Waals surface area (Å²) in [5, 5.41) is 9.54. The van der Waals surface area contributed by atoms with Gasteiger partial charge in [-0.25, -0.2) is 0 Å². The van der Waals surface area contributed by atoms with Crippen molar-refractivity contribution in [3.8, 4) is 5.75 Å². The second kappa shape index (κ2) is 3.76. The first-order valence-electron chi connectivity index (χ1n) is 4.58. The van der Waals surface area contributed by atoms with E-state index in [1.54, 1.807) is 12.1 Å². The number of para-hydroxylation sites is 2. The number of hydrogen-bond donors (Lipinski definition) is 2. The van der Waals surface area contributed by atoms with E-state index in [0.29, 0.717) is 6.29 Å². The summed E-state index contributed by atoms with van der Waals surface area (Å²) in [7, 11) is -3.73. The van der Waals surface area contributed by atoms with Crippen molar-refractivity contribution in [2.75, 3.05) is 10.8 Å². The van der Waals surface area contributed by atoms with Crippen molar-refractivity contribution >= 4 is 22.2 Å². The molecule has 1 aromatic rings. The third-order valence-corrected chi connectivity index (χ3v) is 3.79. The van der Waals surface area contributed by atoms with Crippen molar-refractivity contribution in [1.29, 1.82) is 0 Å². The highest BCUT2D eigenvalue weighted by atomic mass is 32.2. The van der Waals surface area contributed by atoms with E-state index in [0.717, 1.165) is 4.31 Å². The van der Waals surface area contributed by atoms with Gasteiger partial charge in [-0.3, -0.25) is 4.31 Å². The summed E-state index contributed by atoms with van der Waals surface area (Å²) in [6, 6.07) is 5.29. The molecule has 6 nitrogen and oxygen atoms in total. The summed E-state index contributed by atoms with van der Waals surface area (Å²) in [6.07, 6.45) is 0.525. The number of rotatable bonds is 2. The molecule has 2 rings (SSSR count). The highest BCUT2D eigenvalue weighted by Crippen LogP contribution is 2.30. The average Bonchev–Trinajstić information content (AvgIpc) is 2.54. The maximum atomic E-state index is 11.6. The summed E-state index contributed by atoms with van der Waals surface area (Å²) >= 11 is 0. The Bertz CT molecular complexity index is 514. The minimum Gasteiger partial charge on any atom is -0.506 e. The fourth-order valence-electron chi connectivity index (χ4n) is 1.54. The zero-order valence-corrected chi connectivity index (χ0v) is 9.02. The molecule has 2 N–H and O–H groups in total. The molecule has 1 aromatic carbocycles. The molecule has 7 heteroatoms. The molecule has 0 radical (unpaired) electrons. The fourth-order valence-corrected chi connectivity index (χ4v) is 2.95. The molecule has 0 bridgehead atoms. The summed E-state index contributed by atoms with van der Waals surface area (Å²) < 4.78 is 26.4. The van der Waals surface area contributed by atoms with E-state index in [-0.39, 0.29) is 18.0 Å². The second-order valence-corrected chi connectivity index (χ2v) is 5.01. The smallest absolute Gasteiger partial charge is 0.302 e. The number of carbonyl (C=O) groups excluding carboxylic acids is 1. The van der Waals surface area contributed by atoms with Gasteiger partial charge in [0.25, 0.3) is 0 Å². The molecule has 1 fully saturated rings. The lowest BCUT2D eigenvalue weighted by atomic mass is 10.2. The molecular weight excluding hydrogens is 232 g/mol. The minimum atomic E-state index is -3.73. The lowest BCUT2D eigenvalue weighted by molar-refractivity contribution is -0.108. The first-order chi connectivity index (χ1) is 7.54. The Balaban J connectivity index is 2.43. The van der Waals surface area contributed by atoms with Crippen LogP contribution in [0.3, 0.4) is 0 Å². The van der Waals surface area contributed by atoms with Crippen LogP contribution in [0.2, 0.25) is 0 Å². The fraction of sp³-hybridized carbons (Fsp3) is 0.222. The number of aromatic hydroxyl groups is 1. The lowest BCUT2D eigenvalue weighted by Crippen LogP contribution is -2.30. The molecule has 16 heavy (non-hydrogen) atoms. The van der Waals surface area contributed by atoms with Crippen molar-refractivity contribution in [1.82, 2.24) is 4.72 Å². The normalized spacial score (nSPS) is 23.2. The zero-order chi connectivity index (χ0) is 11.8. The second-order valence-electron chi connectivity index (χ2n) is 3.39. The molecule has 1 saturated heterocycles. The van der Waals surface area contributed by atoms with Gasteiger partial charge >= 0.3 is 10.2 Å². The molecule has 1 atom stereocenters. The number of phenols is 1. The van der Waals surface area contributed by atoms with Crippen LogP contribution in [0.1, 0.15) is 0 Å². The van der Waals surface area contributed by atoms with Gasteiger partial charge in [-0.15, -0.1) is 0 Å². The SMILES string of the molecule is O=CC1CN(c2ccccc2O)S(=O)(=O)N1. The average molecular weight is 242 g/mol. The van der Waals surface area contributed by atoms with Crippen LogP contribution in [0, 0.1) is 0 Å². The van der Waals surface area contributed by atoms with E-state index in [1.165, 1.54) is 12.1 Å². The molecule has 0 aliphatic carbocycles. The predicted octanol–water partition coefficient (Wildman–Crippen LogP) is -0.386. The van der Waals surface area contributed by atoms with E-state index in [2.05, 4.69) is 4.72 Å². The van der Waals surface area contributed by atoms with Crippen molar-refractivity contribution in [2.45, 2.75) is 6.04 Å². The van der Waals surface area contributed by atoms with Crippen LogP contribution in [0.5, 0.6) is 5.75 Å². The molecule has 1 heterocycles. The largest absolute Gasteiger partial charge is 0.506 e. The molecular formula is C9H10N2O4S. The Morgan fingerprint density at radius 1 is 1.44 bits per heavy atom. The predicted molar refractivity (Wildman–Crippen MR) is 57.4 cm³/mol. The molecule has 1 aliphatic rings. The summed E-state index contributed by atoms with van der Waals surface area (Å²) in [5.74, 6) is -0.139. The number of hydrogen-bond acceptors (Lipinski definition) is 4. The Kier molecular flexibility index (Phi) is 2.56. The first kappa shape index (κ1) is 10.9. The molecule has 0 aromatic heterocycles. The summed E-state index contributed by atoms with van der Waals surface area (Å²) in [4.78, 5) is 10.5. The van der Waals surface area contributed by atoms with Crippen molar-refractivity contribution in [3.05, 3.63) is 24.3 Å². The molecule has 1 unspecified atom stereocenters. The van der Waals surface area contributed by atoms with Crippen LogP contribution in [0.25, 0.3) is 0 Å². The monoisotopic (exact) mass is 242 g/mol. The zero-order valence-electron chi connectivity index (χ0n) is 8.20. The van der Waals surface area contributed by atoms with Gasteiger partial charge in [-0.1, -0.05) is 12.1 Å². The Morgan fingerprint density at radius 2 is 2.12 bits per heavy atom. The Hall–Kier alpha value is -1.60. The molecule has 1 aliphatic heterocycles. The van der Waals surface area contributed by atoms with E-state index in [9.17, 15) is 18.3 Å². The van der Waals surface area contributed by atoms with Crippen molar-refractivity contribution in [3.63, 3.8) is 0 Å².